The average molecular weight is 426 g/mol. The molecule has 0 radical (unpaired) electrons. The number of rotatable bonds is 6. The summed E-state index contributed by atoms with van der Waals surface area (Å²) in [6.45, 7) is -0.805. The van der Waals surface area contributed by atoms with Crippen LogP contribution in [-0.2, 0) is 9.59 Å². The fraction of sp³-hybridized carbons (Fsp3) is 0.143. The van der Waals surface area contributed by atoms with Crippen LogP contribution < -0.4 is 0 Å². The molecule has 1 heterocycles. The van der Waals surface area contributed by atoms with Crippen molar-refractivity contribution >= 4 is 40.7 Å². The van der Waals surface area contributed by atoms with Crippen LogP contribution in [0, 0.1) is 0 Å². The summed E-state index contributed by atoms with van der Waals surface area (Å²) in [7, 11) is 1.37. The standard InChI is InChI=1S/C21H18N2O6S/c1-22(11-17(26)14-7-8-15(24)16(25)10-14)19(27)12-23-20(28)18(30-21(23)29)9-13-5-3-2-4-6-13/h2-10,24-25H,11-12H2,1H3. The van der Waals surface area contributed by atoms with E-state index in [1.54, 1.807) is 30.3 Å². The van der Waals surface area contributed by atoms with Crippen molar-refractivity contribution in [3.8, 4) is 11.5 Å². The Morgan fingerprint density at radius 2 is 1.77 bits per heavy atom. The number of benzene rings is 2. The number of thioether (sulfide) groups is 1. The average Bonchev–Trinajstić information content (AvgIpc) is 2.98. The maximum absolute atomic E-state index is 12.5. The van der Waals surface area contributed by atoms with Gasteiger partial charge in [-0.05, 0) is 41.6 Å². The number of carbonyl (C=O) groups is 4. The minimum absolute atomic E-state index is 0.113. The highest BCUT2D eigenvalue weighted by Crippen LogP contribution is 2.32. The highest BCUT2D eigenvalue weighted by molar-refractivity contribution is 8.18. The number of Topliss-reactive ketones (excluding diaryl/α,β-unsaturated/α-hetero) is 1. The van der Waals surface area contributed by atoms with Crippen molar-refractivity contribution in [2.45, 2.75) is 0 Å². The lowest BCUT2D eigenvalue weighted by Crippen LogP contribution is -2.42. The van der Waals surface area contributed by atoms with Crippen LogP contribution >= 0.6 is 11.8 Å². The van der Waals surface area contributed by atoms with E-state index in [-0.39, 0.29) is 22.8 Å². The topological polar surface area (TPSA) is 115 Å². The van der Waals surface area contributed by atoms with Gasteiger partial charge in [-0.25, -0.2) is 0 Å². The molecule has 3 rings (SSSR count). The predicted octanol–water partition coefficient (Wildman–Crippen LogP) is 2.48. The number of ketones is 1. The highest BCUT2D eigenvalue weighted by Gasteiger charge is 2.37. The fourth-order valence-electron chi connectivity index (χ4n) is 2.68. The number of phenols is 2. The van der Waals surface area contributed by atoms with Gasteiger partial charge in [-0.15, -0.1) is 0 Å². The van der Waals surface area contributed by atoms with Crippen LogP contribution in [0.4, 0.5) is 4.79 Å². The second-order valence-corrected chi connectivity index (χ2v) is 7.55. The minimum atomic E-state index is -0.588. The zero-order chi connectivity index (χ0) is 21.8. The van der Waals surface area contributed by atoms with Gasteiger partial charge in [0.1, 0.15) is 6.54 Å². The van der Waals surface area contributed by atoms with Gasteiger partial charge >= 0.3 is 0 Å². The molecule has 0 spiro atoms. The summed E-state index contributed by atoms with van der Waals surface area (Å²) >= 11 is 0.753. The van der Waals surface area contributed by atoms with Gasteiger partial charge in [0, 0.05) is 12.6 Å². The summed E-state index contributed by atoms with van der Waals surface area (Å²) < 4.78 is 0. The molecule has 0 bridgehead atoms. The van der Waals surface area contributed by atoms with Crippen LogP contribution in [0.5, 0.6) is 11.5 Å². The zero-order valence-corrected chi connectivity index (χ0v) is 16.8. The van der Waals surface area contributed by atoms with Crippen molar-refractivity contribution < 1.29 is 29.4 Å². The lowest BCUT2D eigenvalue weighted by atomic mass is 10.1. The Morgan fingerprint density at radius 3 is 2.43 bits per heavy atom. The van der Waals surface area contributed by atoms with E-state index in [0.29, 0.717) is 0 Å². The summed E-state index contributed by atoms with van der Waals surface area (Å²) in [5, 5.41) is 18.3. The van der Waals surface area contributed by atoms with E-state index < -0.39 is 35.1 Å². The number of hydrogen-bond donors (Lipinski definition) is 2. The highest BCUT2D eigenvalue weighted by atomic mass is 32.2. The largest absolute Gasteiger partial charge is 0.504 e. The van der Waals surface area contributed by atoms with Crippen molar-refractivity contribution in [2.75, 3.05) is 20.1 Å². The first kappa shape index (κ1) is 21.1. The Bertz CT molecular complexity index is 1050. The molecule has 2 N–H and O–H groups in total. The molecule has 2 aromatic carbocycles. The molecule has 2 aromatic rings. The van der Waals surface area contributed by atoms with Crippen LogP contribution in [0.25, 0.3) is 6.08 Å². The Hall–Kier alpha value is -3.59. The van der Waals surface area contributed by atoms with Crippen LogP contribution in [0.3, 0.4) is 0 Å². The molecule has 1 aliphatic heterocycles. The van der Waals surface area contributed by atoms with E-state index in [9.17, 15) is 29.4 Å². The Kier molecular flexibility index (Phi) is 6.22. The molecule has 1 saturated heterocycles. The molecule has 0 saturated carbocycles. The van der Waals surface area contributed by atoms with Gasteiger partial charge < -0.3 is 15.1 Å². The molecule has 0 aromatic heterocycles. The second-order valence-electron chi connectivity index (χ2n) is 6.56. The van der Waals surface area contributed by atoms with Crippen LogP contribution in [0.15, 0.2) is 53.4 Å². The first-order valence-corrected chi connectivity index (χ1v) is 9.67. The van der Waals surface area contributed by atoms with E-state index in [0.717, 1.165) is 33.2 Å². The Labute approximate surface area is 176 Å². The molecule has 154 valence electrons. The van der Waals surface area contributed by atoms with E-state index >= 15 is 0 Å². The summed E-state index contributed by atoms with van der Waals surface area (Å²) in [4.78, 5) is 51.6. The SMILES string of the molecule is CN(CC(=O)c1ccc(O)c(O)c1)C(=O)CN1C(=O)SC(=Cc2ccccc2)C1=O. The summed E-state index contributed by atoms with van der Waals surface area (Å²) in [6, 6.07) is 12.6. The molecule has 0 aliphatic carbocycles. The summed E-state index contributed by atoms with van der Waals surface area (Å²) in [6.07, 6.45) is 1.58. The van der Waals surface area contributed by atoms with Crippen molar-refractivity contribution in [1.29, 1.82) is 0 Å². The lowest BCUT2D eigenvalue weighted by molar-refractivity contribution is -0.134. The number of hydrogen-bond acceptors (Lipinski definition) is 7. The fourth-order valence-corrected chi connectivity index (χ4v) is 3.52. The van der Waals surface area contributed by atoms with Gasteiger partial charge in [0.25, 0.3) is 11.1 Å². The molecule has 3 amide bonds. The van der Waals surface area contributed by atoms with Gasteiger partial charge in [-0.2, -0.15) is 0 Å². The van der Waals surface area contributed by atoms with Gasteiger partial charge in [-0.1, -0.05) is 30.3 Å². The lowest BCUT2D eigenvalue weighted by Gasteiger charge is -2.19. The molecule has 30 heavy (non-hydrogen) atoms. The minimum Gasteiger partial charge on any atom is -0.504 e. The van der Waals surface area contributed by atoms with E-state index in [1.807, 2.05) is 6.07 Å². The third kappa shape index (κ3) is 4.69. The summed E-state index contributed by atoms with van der Waals surface area (Å²) in [5.41, 5.74) is 0.871. The first-order valence-electron chi connectivity index (χ1n) is 8.86. The quantitative estimate of drug-likeness (QED) is 0.414. The van der Waals surface area contributed by atoms with Crippen LogP contribution in [0.2, 0.25) is 0 Å². The smallest absolute Gasteiger partial charge is 0.294 e. The van der Waals surface area contributed by atoms with Crippen LogP contribution in [-0.4, -0.2) is 63.0 Å². The molecule has 1 fully saturated rings. The summed E-state index contributed by atoms with van der Waals surface area (Å²) in [5.74, 6) is -2.43. The molecule has 0 atom stereocenters. The van der Waals surface area contributed by atoms with E-state index in [4.69, 9.17) is 0 Å². The monoisotopic (exact) mass is 426 g/mol. The van der Waals surface area contributed by atoms with Crippen molar-refractivity contribution in [2.24, 2.45) is 0 Å². The van der Waals surface area contributed by atoms with Crippen molar-refractivity contribution in [3.05, 3.63) is 64.6 Å². The maximum atomic E-state index is 12.5. The Balaban J connectivity index is 1.64. The number of imide groups is 1. The molecule has 9 heteroatoms. The van der Waals surface area contributed by atoms with Crippen molar-refractivity contribution in [1.82, 2.24) is 9.80 Å². The third-order valence-corrected chi connectivity index (χ3v) is 5.28. The molecular weight excluding hydrogens is 408 g/mol. The second kappa shape index (κ2) is 8.83. The van der Waals surface area contributed by atoms with Crippen molar-refractivity contribution in [3.63, 3.8) is 0 Å². The zero-order valence-electron chi connectivity index (χ0n) is 15.9. The Morgan fingerprint density at radius 1 is 1.07 bits per heavy atom. The number of nitrogens with zero attached hydrogens (tertiary/aromatic N) is 2. The predicted molar refractivity (Wildman–Crippen MR) is 111 cm³/mol. The van der Waals surface area contributed by atoms with E-state index in [1.165, 1.54) is 19.2 Å². The molecular formula is C21H18N2O6S. The molecule has 0 unspecified atom stereocenters. The molecule has 8 nitrogen and oxygen atoms in total. The maximum Gasteiger partial charge on any atom is 0.294 e. The number of phenolic OH excluding ortho intramolecular Hbond substituents is 2. The third-order valence-electron chi connectivity index (χ3n) is 4.37. The van der Waals surface area contributed by atoms with Gasteiger partial charge in [0.15, 0.2) is 17.3 Å². The normalized spacial score (nSPS) is 15.0. The van der Waals surface area contributed by atoms with Gasteiger partial charge in [0.2, 0.25) is 5.91 Å². The van der Waals surface area contributed by atoms with Gasteiger partial charge in [-0.3, -0.25) is 24.1 Å². The van der Waals surface area contributed by atoms with E-state index in [2.05, 4.69) is 0 Å². The number of amides is 3. The first-order chi connectivity index (χ1) is 14.3. The number of aromatic hydroxyl groups is 2. The van der Waals surface area contributed by atoms with Gasteiger partial charge in [0.05, 0.1) is 11.4 Å². The van der Waals surface area contributed by atoms with Crippen LogP contribution in [0.1, 0.15) is 15.9 Å². The number of carbonyl (C=O) groups excluding carboxylic acids is 4. The molecule has 1 aliphatic rings. The number of likely N-dealkylation sites (N-methyl/N-ethyl adjacent to an activating group) is 1.